The number of rotatable bonds is 7. The summed E-state index contributed by atoms with van der Waals surface area (Å²) in [4.78, 5) is 14.3. The van der Waals surface area contributed by atoms with Crippen molar-refractivity contribution in [2.75, 3.05) is 64.1 Å². The molecule has 0 saturated carbocycles. The van der Waals surface area contributed by atoms with E-state index in [1.54, 1.807) is 7.11 Å². The first-order chi connectivity index (χ1) is 14.2. The van der Waals surface area contributed by atoms with Crippen LogP contribution in [-0.2, 0) is 0 Å². The van der Waals surface area contributed by atoms with E-state index >= 15 is 0 Å². The quantitative estimate of drug-likeness (QED) is 0.641. The number of piperazine rings is 1. The molecular weight excluding hydrogens is 364 g/mol. The molecule has 2 N–H and O–H groups in total. The van der Waals surface area contributed by atoms with Gasteiger partial charge in [-0.3, -0.25) is 4.90 Å². The van der Waals surface area contributed by atoms with Crippen LogP contribution >= 0.6 is 0 Å². The highest BCUT2D eigenvalue weighted by Crippen LogP contribution is 2.24. The van der Waals surface area contributed by atoms with Gasteiger partial charge in [-0.2, -0.15) is 4.98 Å². The van der Waals surface area contributed by atoms with Crippen LogP contribution < -0.4 is 15.4 Å². The number of hydrogen-bond acceptors (Lipinski definition) is 7. The van der Waals surface area contributed by atoms with Crippen molar-refractivity contribution in [2.45, 2.75) is 0 Å². The molecule has 0 radical (unpaired) electrons. The lowest BCUT2D eigenvalue weighted by molar-refractivity contribution is 0.158. The Morgan fingerprint density at radius 3 is 2.48 bits per heavy atom. The third-order valence-corrected chi connectivity index (χ3v) is 5.27. The number of nitrogens with zero attached hydrogens (tertiary/aromatic N) is 4. The summed E-state index contributed by atoms with van der Waals surface area (Å²) in [6.45, 7) is 6.36. The number of fused-ring (bicyclic) bond motifs is 1. The molecule has 1 fully saturated rings. The Balaban J connectivity index is 1.48. The Hall–Kier alpha value is -2.90. The Labute approximate surface area is 171 Å². The van der Waals surface area contributed by atoms with E-state index in [0.717, 1.165) is 67.4 Å². The molecule has 2 aromatic carbocycles. The molecule has 29 heavy (non-hydrogen) atoms. The van der Waals surface area contributed by atoms with E-state index in [-0.39, 0.29) is 0 Å². The first-order valence-electron chi connectivity index (χ1n) is 10.0. The second-order valence-electron chi connectivity index (χ2n) is 7.34. The van der Waals surface area contributed by atoms with E-state index in [1.807, 2.05) is 42.5 Å². The number of methoxy groups -OCH3 is 1. The van der Waals surface area contributed by atoms with Crippen molar-refractivity contribution in [1.29, 1.82) is 0 Å². The Bertz CT molecular complexity index is 938. The van der Waals surface area contributed by atoms with E-state index in [0.29, 0.717) is 5.95 Å². The molecule has 152 valence electrons. The Kier molecular flexibility index (Phi) is 6.07. The van der Waals surface area contributed by atoms with Gasteiger partial charge in [-0.05, 0) is 43.4 Å². The fraction of sp³-hybridized carbons (Fsp3) is 0.364. The maximum Gasteiger partial charge on any atom is 0.229 e. The van der Waals surface area contributed by atoms with Gasteiger partial charge in [0.2, 0.25) is 5.95 Å². The molecule has 0 aliphatic carbocycles. The monoisotopic (exact) mass is 392 g/mol. The molecule has 1 aromatic heterocycles. The third-order valence-electron chi connectivity index (χ3n) is 5.27. The topological polar surface area (TPSA) is 65.6 Å². The molecule has 0 atom stereocenters. The average Bonchev–Trinajstić information content (AvgIpc) is 2.75. The van der Waals surface area contributed by atoms with Crippen LogP contribution in [0, 0.1) is 0 Å². The van der Waals surface area contributed by atoms with Crippen molar-refractivity contribution < 1.29 is 4.74 Å². The fourth-order valence-electron chi connectivity index (χ4n) is 3.47. The number of ether oxygens (including phenoxy) is 1. The van der Waals surface area contributed by atoms with Gasteiger partial charge in [0.1, 0.15) is 11.6 Å². The molecule has 7 heteroatoms. The lowest BCUT2D eigenvalue weighted by Gasteiger charge is -2.32. The lowest BCUT2D eigenvalue weighted by Crippen LogP contribution is -2.45. The number of likely N-dealkylation sites (N-methyl/N-ethyl adjacent to an activating group) is 1. The van der Waals surface area contributed by atoms with Gasteiger partial charge in [0.25, 0.3) is 0 Å². The molecule has 0 unspecified atom stereocenters. The smallest absolute Gasteiger partial charge is 0.229 e. The molecule has 7 nitrogen and oxygen atoms in total. The molecule has 0 bridgehead atoms. The number of anilines is 3. The van der Waals surface area contributed by atoms with Crippen LogP contribution in [0.2, 0.25) is 0 Å². The van der Waals surface area contributed by atoms with Crippen LogP contribution in [0.4, 0.5) is 17.5 Å². The van der Waals surface area contributed by atoms with Gasteiger partial charge < -0.3 is 20.3 Å². The molecule has 1 aliphatic rings. The summed E-state index contributed by atoms with van der Waals surface area (Å²) >= 11 is 0. The Morgan fingerprint density at radius 1 is 0.966 bits per heavy atom. The summed E-state index contributed by atoms with van der Waals surface area (Å²) in [5.41, 5.74) is 1.84. The number of hydrogen-bond donors (Lipinski definition) is 2. The van der Waals surface area contributed by atoms with Gasteiger partial charge in [-0.15, -0.1) is 0 Å². The number of aromatic nitrogens is 2. The lowest BCUT2D eigenvalue weighted by atomic mass is 10.2. The first kappa shape index (κ1) is 19.4. The normalized spacial score (nSPS) is 15.4. The predicted octanol–water partition coefficient (Wildman–Crippen LogP) is 3.04. The predicted molar refractivity (Wildman–Crippen MR) is 118 cm³/mol. The van der Waals surface area contributed by atoms with Gasteiger partial charge in [0.05, 0.1) is 12.6 Å². The van der Waals surface area contributed by atoms with E-state index in [1.165, 1.54) is 0 Å². The number of nitrogens with one attached hydrogen (secondary N) is 2. The minimum Gasteiger partial charge on any atom is -0.497 e. The second kappa shape index (κ2) is 9.07. The van der Waals surface area contributed by atoms with E-state index in [2.05, 4.69) is 38.5 Å². The van der Waals surface area contributed by atoms with Crippen molar-refractivity contribution in [3.63, 3.8) is 0 Å². The molecule has 1 aliphatic heterocycles. The fourth-order valence-corrected chi connectivity index (χ4v) is 3.47. The van der Waals surface area contributed by atoms with Crippen molar-refractivity contribution >= 4 is 28.4 Å². The minimum atomic E-state index is 0.580. The molecular formula is C22H28N6O. The average molecular weight is 393 g/mol. The summed E-state index contributed by atoms with van der Waals surface area (Å²) in [6, 6.07) is 15.8. The van der Waals surface area contributed by atoms with Crippen LogP contribution in [0.5, 0.6) is 5.75 Å². The van der Waals surface area contributed by atoms with Crippen LogP contribution in [0.25, 0.3) is 10.9 Å². The highest BCUT2D eigenvalue weighted by molar-refractivity contribution is 5.90. The summed E-state index contributed by atoms with van der Waals surface area (Å²) in [5, 5.41) is 7.86. The van der Waals surface area contributed by atoms with Gasteiger partial charge in [0, 0.05) is 50.3 Å². The van der Waals surface area contributed by atoms with Crippen molar-refractivity contribution in [3.8, 4) is 5.75 Å². The van der Waals surface area contributed by atoms with Crippen LogP contribution in [0.3, 0.4) is 0 Å². The maximum absolute atomic E-state index is 5.22. The summed E-state index contributed by atoms with van der Waals surface area (Å²) in [7, 11) is 3.84. The van der Waals surface area contributed by atoms with Crippen LogP contribution in [0.1, 0.15) is 0 Å². The zero-order valence-corrected chi connectivity index (χ0v) is 17.1. The van der Waals surface area contributed by atoms with Crippen molar-refractivity contribution in [3.05, 3.63) is 48.5 Å². The standard InChI is InChI=1S/C22H28N6O/c1-27-13-15-28(16-14-27)12-11-23-21-19-5-3-4-6-20(19)25-22(26-21)24-17-7-9-18(29-2)10-8-17/h3-10H,11-16H2,1-2H3,(H2,23,24,25,26). The summed E-state index contributed by atoms with van der Waals surface area (Å²) in [6.07, 6.45) is 0. The van der Waals surface area contributed by atoms with Crippen molar-refractivity contribution in [1.82, 2.24) is 19.8 Å². The molecule has 3 aromatic rings. The Morgan fingerprint density at radius 2 is 1.72 bits per heavy atom. The largest absolute Gasteiger partial charge is 0.497 e. The molecule has 1 saturated heterocycles. The van der Waals surface area contributed by atoms with E-state index in [9.17, 15) is 0 Å². The molecule has 0 spiro atoms. The highest BCUT2D eigenvalue weighted by Gasteiger charge is 2.13. The SMILES string of the molecule is COc1ccc(Nc2nc(NCCN3CCN(C)CC3)c3ccccc3n2)cc1. The van der Waals surface area contributed by atoms with E-state index in [4.69, 9.17) is 9.72 Å². The summed E-state index contributed by atoms with van der Waals surface area (Å²) in [5.74, 6) is 2.26. The number of benzene rings is 2. The zero-order chi connectivity index (χ0) is 20.1. The van der Waals surface area contributed by atoms with Gasteiger partial charge in [-0.1, -0.05) is 12.1 Å². The van der Waals surface area contributed by atoms with Crippen LogP contribution in [0.15, 0.2) is 48.5 Å². The second-order valence-corrected chi connectivity index (χ2v) is 7.34. The third kappa shape index (κ3) is 4.93. The maximum atomic E-state index is 5.22. The summed E-state index contributed by atoms with van der Waals surface area (Å²) < 4.78 is 5.22. The highest BCUT2D eigenvalue weighted by atomic mass is 16.5. The molecule has 4 rings (SSSR count). The van der Waals surface area contributed by atoms with Crippen LogP contribution in [-0.4, -0.2) is 73.2 Å². The van der Waals surface area contributed by atoms with Gasteiger partial charge in [-0.25, -0.2) is 4.98 Å². The number of para-hydroxylation sites is 1. The minimum absolute atomic E-state index is 0.580. The molecule has 2 heterocycles. The zero-order valence-electron chi connectivity index (χ0n) is 17.1. The van der Waals surface area contributed by atoms with Gasteiger partial charge >= 0.3 is 0 Å². The van der Waals surface area contributed by atoms with E-state index < -0.39 is 0 Å². The first-order valence-corrected chi connectivity index (χ1v) is 10.0. The van der Waals surface area contributed by atoms with Crippen molar-refractivity contribution in [2.24, 2.45) is 0 Å². The van der Waals surface area contributed by atoms with Gasteiger partial charge in [0.15, 0.2) is 0 Å². The molecule has 0 amide bonds.